The SMILES string of the molecule is O=C(O)C1CCN(S(=O)(=O)c2ccc3c(ccn3Cc3ccccc3)c2)CC1. The van der Waals surface area contributed by atoms with Crippen molar-refractivity contribution in [3.8, 4) is 0 Å². The predicted molar refractivity (Wildman–Crippen MR) is 107 cm³/mol. The zero-order valence-electron chi connectivity index (χ0n) is 15.4. The fraction of sp³-hybridized carbons (Fsp3) is 0.286. The molecule has 3 aromatic rings. The molecule has 0 saturated carbocycles. The molecule has 2 heterocycles. The van der Waals surface area contributed by atoms with Gasteiger partial charge in [0.05, 0.1) is 10.8 Å². The van der Waals surface area contributed by atoms with Crippen molar-refractivity contribution in [3.05, 3.63) is 66.4 Å². The summed E-state index contributed by atoms with van der Waals surface area (Å²) in [4.78, 5) is 11.3. The minimum atomic E-state index is -3.62. The van der Waals surface area contributed by atoms with E-state index in [9.17, 15) is 13.2 Å². The van der Waals surface area contributed by atoms with Gasteiger partial charge in [-0.1, -0.05) is 30.3 Å². The summed E-state index contributed by atoms with van der Waals surface area (Å²) in [6, 6.07) is 17.2. The summed E-state index contributed by atoms with van der Waals surface area (Å²) in [7, 11) is -3.62. The van der Waals surface area contributed by atoms with E-state index in [2.05, 4.69) is 16.7 Å². The molecule has 1 N–H and O–H groups in total. The van der Waals surface area contributed by atoms with E-state index in [4.69, 9.17) is 5.11 Å². The van der Waals surface area contributed by atoms with Crippen LogP contribution in [-0.4, -0.2) is 41.5 Å². The molecule has 7 heteroatoms. The van der Waals surface area contributed by atoms with Gasteiger partial charge in [-0.05, 0) is 42.7 Å². The third kappa shape index (κ3) is 3.55. The molecule has 0 radical (unpaired) electrons. The maximum Gasteiger partial charge on any atom is 0.306 e. The lowest BCUT2D eigenvalue weighted by Gasteiger charge is -2.29. The van der Waals surface area contributed by atoms with Gasteiger partial charge in [0, 0.05) is 36.7 Å². The highest BCUT2D eigenvalue weighted by Crippen LogP contribution is 2.27. The molecule has 0 spiro atoms. The number of sulfonamides is 1. The zero-order valence-corrected chi connectivity index (χ0v) is 16.2. The molecule has 6 nitrogen and oxygen atoms in total. The van der Waals surface area contributed by atoms with Crippen LogP contribution < -0.4 is 0 Å². The number of hydrogen-bond acceptors (Lipinski definition) is 3. The van der Waals surface area contributed by atoms with Crippen molar-refractivity contribution in [2.45, 2.75) is 24.3 Å². The van der Waals surface area contributed by atoms with E-state index in [1.807, 2.05) is 36.5 Å². The van der Waals surface area contributed by atoms with Crippen LogP contribution in [0.1, 0.15) is 18.4 Å². The lowest BCUT2D eigenvalue weighted by molar-refractivity contribution is -0.142. The Morgan fingerprint density at radius 3 is 2.43 bits per heavy atom. The lowest BCUT2D eigenvalue weighted by Crippen LogP contribution is -2.40. The maximum absolute atomic E-state index is 13.0. The van der Waals surface area contributed by atoms with Gasteiger partial charge < -0.3 is 9.67 Å². The molecule has 1 saturated heterocycles. The van der Waals surface area contributed by atoms with Gasteiger partial charge in [-0.3, -0.25) is 4.79 Å². The molecule has 2 aromatic carbocycles. The number of aromatic nitrogens is 1. The third-order valence-corrected chi connectivity index (χ3v) is 7.27. The van der Waals surface area contributed by atoms with E-state index in [0.717, 1.165) is 17.4 Å². The van der Waals surface area contributed by atoms with Crippen LogP contribution in [0.25, 0.3) is 10.9 Å². The molecule has 28 heavy (non-hydrogen) atoms. The summed E-state index contributed by atoms with van der Waals surface area (Å²) in [5.41, 5.74) is 2.16. The molecule has 4 rings (SSSR count). The highest BCUT2D eigenvalue weighted by Gasteiger charge is 2.32. The van der Waals surface area contributed by atoms with Crippen molar-refractivity contribution in [1.29, 1.82) is 0 Å². The molecular formula is C21H22N2O4S. The molecule has 1 fully saturated rings. The van der Waals surface area contributed by atoms with E-state index in [0.29, 0.717) is 12.8 Å². The molecule has 1 aliphatic heterocycles. The predicted octanol–water partition coefficient (Wildman–Crippen LogP) is 3.17. The van der Waals surface area contributed by atoms with Gasteiger partial charge in [-0.2, -0.15) is 4.31 Å². The summed E-state index contributed by atoms with van der Waals surface area (Å²) >= 11 is 0. The Morgan fingerprint density at radius 2 is 1.75 bits per heavy atom. The first-order valence-electron chi connectivity index (χ1n) is 9.31. The summed E-state index contributed by atoms with van der Waals surface area (Å²) in [5.74, 6) is -1.31. The van der Waals surface area contributed by atoms with Crippen molar-refractivity contribution < 1.29 is 18.3 Å². The van der Waals surface area contributed by atoms with E-state index in [1.54, 1.807) is 12.1 Å². The topological polar surface area (TPSA) is 79.6 Å². The van der Waals surface area contributed by atoms with Crippen LogP contribution in [0, 0.1) is 5.92 Å². The average molecular weight is 398 g/mol. The second kappa shape index (κ2) is 7.41. The van der Waals surface area contributed by atoms with Crippen LogP contribution in [-0.2, 0) is 21.4 Å². The molecule has 0 aliphatic carbocycles. The fourth-order valence-corrected chi connectivity index (χ4v) is 5.25. The first-order valence-corrected chi connectivity index (χ1v) is 10.7. The number of piperidine rings is 1. The number of carboxylic acid groups (broad SMARTS) is 1. The Labute approximate surface area is 164 Å². The Morgan fingerprint density at radius 1 is 1.04 bits per heavy atom. The highest BCUT2D eigenvalue weighted by atomic mass is 32.2. The standard InChI is InChI=1S/C21H22N2O4S/c24-21(25)17-9-12-23(13-10-17)28(26,27)19-6-7-20-18(14-19)8-11-22(20)15-16-4-2-1-3-5-16/h1-8,11,14,17H,9-10,12-13,15H2,(H,24,25). The summed E-state index contributed by atoms with van der Waals surface area (Å²) in [6.45, 7) is 1.21. The number of hydrogen-bond donors (Lipinski definition) is 1. The normalized spacial score (nSPS) is 16.4. The molecule has 0 bridgehead atoms. The average Bonchev–Trinajstić information content (AvgIpc) is 3.11. The van der Waals surface area contributed by atoms with Crippen molar-refractivity contribution in [2.75, 3.05) is 13.1 Å². The number of fused-ring (bicyclic) bond motifs is 1. The van der Waals surface area contributed by atoms with E-state index in [1.165, 1.54) is 9.87 Å². The first-order chi connectivity index (χ1) is 13.4. The van der Waals surface area contributed by atoms with Gasteiger partial charge >= 0.3 is 5.97 Å². The molecule has 146 valence electrons. The number of aliphatic carboxylic acids is 1. The van der Waals surface area contributed by atoms with Gasteiger partial charge in [-0.25, -0.2) is 8.42 Å². The number of carbonyl (C=O) groups is 1. The van der Waals surface area contributed by atoms with Gasteiger partial charge in [0.2, 0.25) is 10.0 Å². The Bertz CT molecular complexity index is 1100. The van der Waals surface area contributed by atoms with Gasteiger partial charge in [-0.15, -0.1) is 0 Å². The summed E-state index contributed by atoms with van der Waals surface area (Å²) in [6.07, 6.45) is 2.67. The molecule has 1 aliphatic rings. The monoisotopic (exact) mass is 398 g/mol. The Balaban J connectivity index is 1.57. The molecular weight excluding hydrogens is 376 g/mol. The number of benzene rings is 2. The molecule has 1 aromatic heterocycles. The van der Waals surface area contributed by atoms with Crippen molar-refractivity contribution >= 4 is 26.9 Å². The van der Waals surface area contributed by atoms with Crippen LogP contribution in [0.3, 0.4) is 0 Å². The third-order valence-electron chi connectivity index (χ3n) is 5.38. The van der Waals surface area contributed by atoms with E-state index in [-0.39, 0.29) is 18.0 Å². The van der Waals surface area contributed by atoms with Crippen molar-refractivity contribution in [2.24, 2.45) is 5.92 Å². The molecule has 0 amide bonds. The van der Waals surface area contributed by atoms with Gasteiger partial charge in [0.25, 0.3) is 0 Å². The van der Waals surface area contributed by atoms with Crippen LogP contribution in [0.5, 0.6) is 0 Å². The van der Waals surface area contributed by atoms with Crippen molar-refractivity contribution in [1.82, 2.24) is 8.87 Å². The zero-order chi connectivity index (χ0) is 19.7. The second-order valence-corrected chi connectivity index (χ2v) is 9.10. The van der Waals surface area contributed by atoms with Gasteiger partial charge in [0.1, 0.15) is 0 Å². The van der Waals surface area contributed by atoms with Crippen LogP contribution >= 0.6 is 0 Å². The quantitative estimate of drug-likeness (QED) is 0.716. The van der Waals surface area contributed by atoms with Gasteiger partial charge in [0.15, 0.2) is 0 Å². The van der Waals surface area contributed by atoms with Crippen LogP contribution in [0.2, 0.25) is 0 Å². The summed E-state index contributed by atoms with van der Waals surface area (Å²) < 4.78 is 29.4. The minimum absolute atomic E-state index is 0.242. The number of carboxylic acids is 1. The number of rotatable bonds is 5. The lowest BCUT2D eigenvalue weighted by atomic mass is 9.99. The second-order valence-electron chi connectivity index (χ2n) is 7.17. The van der Waals surface area contributed by atoms with E-state index < -0.39 is 21.9 Å². The van der Waals surface area contributed by atoms with E-state index >= 15 is 0 Å². The molecule has 0 unspecified atom stereocenters. The first kappa shape index (κ1) is 18.7. The maximum atomic E-state index is 13.0. The Kier molecular flexibility index (Phi) is 4.95. The fourth-order valence-electron chi connectivity index (χ4n) is 3.75. The smallest absolute Gasteiger partial charge is 0.306 e. The largest absolute Gasteiger partial charge is 0.481 e. The number of nitrogens with zero attached hydrogens (tertiary/aromatic N) is 2. The Hall–Kier alpha value is -2.64. The molecule has 0 atom stereocenters. The summed E-state index contributed by atoms with van der Waals surface area (Å²) in [5, 5.41) is 9.97. The van der Waals surface area contributed by atoms with Crippen LogP contribution in [0.4, 0.5) is 0 Å². The minimum Gasteiger partial charge on any atom is -0.481 e. The van der Waals surface area contributed by atoms with Crippen LogP contribution in [0.15, 0.2) is 65.7 Å². The highest BCUT2D eigenvalue weighted by molar-refractivity contribution is 7.89. The van der Waals surface area contributed by atoms with Crippen molar-refractivity contribution in [3.63, 3.8) is 0 Å².